The molecule has 2 atom stereocenters. The number of amides is 2. The molecule has 7 nitrogen and oxygen atoms in total. The maximum Gasteiger partial charge on any atom is 0.326 e. The van der Waals surface area contributed by atoms with E-state index in [-0.39, 0.29) is 11.7 Å². The summed E-state index contributed by atoms with van der Waals surface area (Å²) < 4.78 is 24.5. The van der Waals surface area contributed by atoms with Gasteiger partial charge in [0.2, 0.25) is 0 Å². The zero-order valence-corrected chi connectivity index (χ0v) is 18.7. The summed E-state index contributed by atoms with van der Waals surface area (Å²) in [7, 11) is 3.10. The number of methoxy groups -OCH3 is 2. The van der Waals surface area contributed by atoms with Gasteiger partial charge in [-0.2, -0.15) is 0 Å². The molecule has 0 saturated heterocycles. The molecule has 0 saturated carbocycles. The molecule has 0 aliphatic carbocycles. The minimum atomic E-state index is -1.07. The first-order valence-electron chi connectivity index (χ1n) is 10.5. The fourth-order valence-corrected chi connectivity index (χ4v) is 4.09. The summed E-state index contributed by atoms with van der Waals surface area (Å²) >= 11 is 0. The monoisotopic (exact) mass is 444 g/mol. The van der Waals surface area contributed by atoms with Gasteiger partial charge in [-0.1, -0.05) is 26.0 Å². The summed E-state index contributed by atoms with van der Waals surface area (Å²) in [4.78, 5) is 26.5. The molecule has 172 valence electrons. The Morgan fingerprint density at radius 1 is 1.16 bits per heavy atom. The van der Waals surface area contributed by atoms with Crippen LogP contribution in [-0.2, 0) is 11.2 Å². The van der Waals surface area contributed by atoms with Crippen molar-refractivity contribution >= 4 is 12.0 Å². The summed E-state index contributed by atoms with van der Waals surface area (Å²) in [5.41, 5.74) is 2.52. The standard InChI is InChI=1S/C24H29FN2O5/c1-14(2)11-19(23(28)29)26-24(30)27-10-9-16-12-20(31-3)21(32-4)13-18(16)22(27)15-5-7-17(25)8-6-15/h5-8,12-14,19,22H,9-11H2,1-4H3,(H,26,30)(H,28,29)/t19-,22+/m0/s1. The summed E-state index contributed by atoms with van der Waals surface area (Å²) in [6, 6.07) is 7.66. The molecule has 0 bridgehead atoms. The van der Waals surface area contributed by atoms with Gasteiger partial charge in [-0.05, 0) is 59.7 Å². The molecule has 3 rings (SSSR count). The van der Waals surface area contributed by atoms with E-state index in [4.69, 9.17) is 9.47 Å². The maximum absolute atomic E-state index is 13.6. The number of ether oxygens (including phenoxy) is 2. The summed E-state index contributed by atoms with van der Waals surface area (Å²) in [5, 5.41) is 12.2. The van der Waals surface area contributed by atoms with Crippen LogP contribution in [0.15, 0.2) is 36.4 Å². The van der Waals surface area contributed by atoms with Gasteiger partial charge in [0, 0.05) is 6.54 Å². The third-order valence-electron chi connectivity index (χ3n) is 5.62. The van der Waals surface area contributed by atoms with Crippen LogP contribution in [0.2, 0.25) is 0 Å². The van der Waals surface area contributed by atoms with Gasteiger partial charge < -0.3 is 24.8 Å². The molecule has 2 aromatic carbocycles. The average molecular weight is 445 g/mol. The van der Waals surface area contributed by atoms with Crippen molar-refractivity contribution in [2.75, 3.05) is 20.8 Å². The quantitative estimate of drug-likeness (QED) is 0.674. The molecule has 1 aliphatic rings. The third-order valence-corrected chi connectivity index (χ3v) is 5.62. The van der Waals surface area contributed by atoms with Crippen molar-refractivity contribution in [2.24, 2.45) is 5.92 Å². The van der Waals surface area contributed by atoms with Gasteiger partial charge in [0.15, 0.2) is 11.5 Å². The molecule has 0 aromatic heterocycles. The van der Waals surface area contributed by atoms with Crippen LogP contribution in [0.25, 0.3) is 0 Å². The van der Waals surface area contributed by atoms with Gasteiger partial charge in [-0.15, -0.1) is 0 Å². The van der Waals surface area contributed by atoms with E-state index in [0.29, 0.717) is 36.4 Å². The van der Waals surface area contributed by atoms with Gasteiger partial charge in [0.05, 0.1) is 20.3 Å². The average Bonchev–Trinajstić information content (AvgIpc) is 2.77. The molecule has 0 unspecified atom stereocenters. The number of aliphatic carboxylic acids is 1. The van der Waals surface area contributed by atoms with E-state index in [0.717, 1.165) is 11.1 Å². The topological polar surface area (TPSA) is 88.1 Å². The number of halogens is 1. The van der Waals surface area contributed by atoms with Crippen LogP contribution in [0.3, 0.4) is 0 Å². The van der Waals surface area contributed by atoms with Gasteiger partial charge >= 0.3 is 12.0 Å². The van der Waals surface area contributed by atoms with E-state index in [1.165, 1.54) is 19.2 Å². The Balaban J connectivity index is 2.03. The maximum atomic E-state index is 13.6. The second-order valence-electron chi connectivity index (χ2n) is 8.27. The normalized spacial score (nSPS) is 16.3. The molecule has 1 aliphatic heterocycles. The predicted molar refractivity (Wildman–Crippen MR) is 118 cm³/mol. The largest absolute Gasteiger partial charge is 0.493 e. The summed E-state index contributed by atoms with van der Waals surface area (Å²) in [5.74, 6) is -0.248. The zero-order chi connectivity index (χ0) is 23.4. The number of urea groups is 1. The number of hydrogen-bond acceptors (Lipinski definition) is 4. The van der Waals surface area contributed by atoms with E-state index in [1.54, 1.807) is 24.1 Å². The Morgan fingerprint density at radius 2 is 1.78 bits per heavy atom. The van der Waals surface area contributed by atoms with Crippen molar-refractivity contribution < 1.29 is 28.6 Å². The lowest BCUT2D eigenvalue weighted by Gasteiger charge is -2.38. The Labute approximate surface area is 187 Å². The molecule has 0 radical (unpaired) electrons. The van der Waals surface area contributed by atoms with Crippen molar-refractivity contribution in [1.29, 1.82) is 0 Å². The highest BCUT2D eigenvalue weighted by atomic mass is 19.1. The molecule has 0 spiro atoms. The highest BCUT2D eigenvalue weighted by Gasteiger charge is 2.35. The number of carboxylic acids is 1. The van der Waals surface area contributed by atoms with Crippen LogP contribution in [-0.4, -0.2) is 48.8 Å². The first kappa shape index (κ1) is 23.4. The first-order chi connectivity index (χ1) is 15.2. The number of carboxylic acid groups (broad SMARTS) is 1. The molecular weight excluding hydrogens is 415 g/mol. The Morgan fingerprint density at radius 3 is 2.34 bits per heavy atom. The summed E-state index contributed by atoms with van der Waals surface area (Å²) in [6.45, 7) is 4.17. The Hall–Kier alpha value is -3.29. The number of nitrogens with zero attached hydrogens (tertiary/aromatic N) is 1. The predicted octanol–water partition coefficient (Wildman–Crippen LogP) is 4.00. The fraction of sp³-hybridized carbons (Fsp3) is 0.417. The lowest BCUT2D eigenvalue weighted by atomic mass is 9.87. The van der Waals surface area contributed by atoms with Crippen molar-refractivity contribution in [3.63, 3.8) is 0 Å². The van der Waals surface area contributed by atoms with E-state index in [1.807, 2.05) is 26.0 Å². The van der Waals surface area contributed by atoms with Gasteiger partial charge in [0.1, 0.15) is 11.9 Å². The van der Waals surface area contributed by atoms with Crippen molar-refractivity contribution in [3.8, 4) is 11.5 Å². The fourth-order valence-electron chi connectivity index (χ4n) is 4.09. The van der Waals surface area contributed by atoms with E-state index in [2.05, 4.69) is 5.32 Å². The van der Waals surface area contributed by atoms with E-state index >= 15 is 0 Å². The van der Waals surface area contributed by atoms with Crippen LogP contribution in [0, 0.1) is 11.7 Å². The lowest BCUT2D eigenvalue weighted by Crippen LogP contribution is -2.51. The molecule has 2 aromatic rings. The molecule has 1 heterocycles. The molecule has 2 amide bonds. The SMILES string of the molecule is COc1cc2c(cc1OC)[C@@H](c1ccc(F)cc1)N(C(=O)N[C@@H](CC(C)C)C(=O)O)CC2. The highest BCUT2D eigenvalue weighted by Crippen LogP contribution is 2.41. The van der Waals surface area contributed by atoms with Gasteiger partial charge in [-0.3, -0.25) is 0 Å². The minimum absolute atomic E-state index is 0.100. The van der Waals surface area contributed by atoms with Crippen LogP contribution in [0.4, 0.5) is 9.18 Å². The van der Waals surface area contributed by atoms with E-state index < -0.39 is 24.1 Å². The second-order valence-corrected chi connectivity index (χ2v) is 8.27. The molecule has 32 heavy (non-hydrogen) atoms. The number of carbonyl (C=O) groups excluding carboxylic acids is 1. The number of carbonyl (C=O) groups is 2. The number of hydrogen-bond donors (Lipinski definition) is 2. The van der Waals surface area contributed by atoms with Gasteiger partial charge in [-0.25, -0.2) is 14.0 Å². The number of rotatable bonds is 7. The Kier molecular flexibility index (Phi) is 7.22. The van der Waals surface area contributed by atoms with Crippen molar-refractivity contribution in [3.05, 3.63) is 58.9 Å². The highest BCUT2D eigenvalue weighted by molar-refractivity contribution is 5.83. The lowest BCUT2D eigenvalue weighted by molar-refractivity contribution is -0.139. The van der Waals surface area contributed by atoms with E-state index in [9.17, 15) is 19.1 Å². The van der Waals surface area contributed by atoms with Crippen molar-refractivity contribution in [2.45, 2.75) is 38.8 Å². The zero-order valence-electron chi connectivity index (χ0n) is 18.7. The molecule has 2 N–H and O–H groups in total. The Bertz CT molecular complexity index is 977. The van der Waals surface area contributed by atoms with Gasteiger partial charge in [0.25, 0.3) is 0 Å². The molecule has 0 fully saturated rings. The van der Waals surface area contributed by atoms with Crippen molar-refractivity contribution in [1.82, 2.24) is 10.2 Å². The first-order valence-corrected chi connectivity index (χ1v) is 10.5. The summed E-state index contributed by atoms with van der Waals surface area (Å²) in [6.07, 6.45) is 0.875. The van der Waals surface area contributed by atoms with Crippen LogP contribution >= 0.6 is 0 Å². The van der Waals surface area contributed by atoms with Crippen LogP contribution in [0.5, 0.6) is 11.5 Å². The smallest absolute Gasteiger partial charge is 0.326 e. The van der Waals surface area contributed by atoms with Crippen LogP contribution in [0.1, 0.15) is 43.0 Å². The molecule has 8 heteroatoms. The second kappa shape index (κ2) is 9.89. The number of nitrogens with one attached hydrogen (secondary N) is 1. The number of benzene rings is 2. The van der Waals surface area contributed by atoms with Crippen LogP contribution < -0.4 is 14.8 Å². The third kappa shape index (κ3) is 4.95. The minimum Gasteiger partial charge on any atom is -0.493 e. The number of fused-ring (bicyclic) bond motifs is 1. The molecular formula is C24H29FN2O5.